The van der Waals surface area contributed by atoms with E-state index in [1.54, 1.807) is 4.90 Å². The Morgan fingerprint density at radius 3 is 2.91 bits per heavy atom. The van der Waals surface area contributed by atoms with Crippen LogP contribution in [0.4, 0.5) is 0 Å². The molecule has 0 saturated carbocycles. The summed E-state index contributed by atoms with van der Waals surface area (Å²) >= 11 is 0. The van der Waals surface area contributed by atoms with Gasteiger partial charge in [-0.2, -0.15) is 0 Å². The Hall–Kier alpha value is -1.14. The molecule has 23 heavy (non-hydrogen) atoms. The number of carbonyl (C=O) groups is 2. The maximum atomic E-state index is 12.1. The number of hydrogen-bond acceptors (Lipinski definition) is 4. The third kappa shape index (κ3) is 6.47. The SMILES string of the molecule is CC(C)CN1CCOC(CNC(=O)CN2CCCCCC2=O)C1. The highest BCUT2D eigenvalue weighted by atomic mass is 16.5. The average Bonchev–Trinajstić information content (AvgIpc) is 2.70. The molecule has 0 spiro atoms. The third-order valence-corrected chi connectivity index (χ3v) is 4.38. The number of likely N-dealkylation sites (tertiary alicyclic amines) is 1. The summed E-state index contributed by atoms with van der Waals surface area (Å²) in [6.07, 6.45) is 3.63. The molecule has 0 aromatic rings. The number of hydrogen-bond donors (Lipinski definition) is 1. The molecule has 2 amide bonds. The van der Waals surface area contributed by atoms with E-state index in [0.717, 1.165) is 45.5 Å². The molecule has 2 rings (SSSR count). The number of nitrogens with zero attached hydrogens (tertiary/aromatic N) is 2. The molecule has 0 aliphatic carbocycles. The van der Waals surface area contributed by atoms with Gasteiger partial charge in [-0.05, 0) is 18.8 Å². The highest BCUT2D eigenvalue weighted by Gasteiger charge is 2.23. The van der Waals surface area contributed by atoms with Crippen molar-refractivity contribution >= 4 is 11.8 Å². The van der Waals surface area contributed by atoms with E-state index in [-0.39, 0.29) is 24.5 Å². The molecule has 0 bridgehead atoms. The summed E-state index contributed by atoms with van der Waals surface area (Å²) in [5, 5.41) is 2.93. The minimum atomic E-state index is -0.0789. The molecule has 0 aromatic heterocycles. The van der Waals surface area contributed by atoms with Crippen molar-refractivity contribution in [3.05, 3.63) is 0 Å². The van der Waals surface area contributed by atoms with Crippen LogP contribution in [-0.4, -0.2) is 73.6 Å². The summed E-state index contributed by atoms with van der Waals surface area (Å²) in [6.45, 7) is 9.44. The Labute approximate surface area is 139 Å². The molecule has 2 saturated heterocycles. The Morgan fingerprint density at radius 2 is 2.13 bits per heavy atom. The number of morpholine rings is 1. The molecular weight excluding hydrogens is 294 g/mol. The van der Waals surface area contributed by atoms with Gasteiger partial charge in [0.1, 0.15) is 0 Å². The second-order valence-corrected chi connectivity index (χ2v) is 7.08. The lowest BCUT2D eigenvalue weighted by Crippen LogP contribution is -2.49. The second kappa shape index (κ2) is 9.23. The quantitative estimate of drug-likeness (QED) is 0.787. The maximum Gasteiger partial charge on any atom is 0.239 e. The van der Waals surface area contributed by atoms with Crippen molar-refractivity contribution in [3.8, 4) is 0 Å². The first-order valence-corrected chi connectivity index (χ1v) is 8.93. The van der Waals surface area contributed by atoms with E-state index in [1.165, 1.54) is 0 Å². The van der Waals surface area contributed by atoms with Crippen LogP contribution in [0.1, 0.15) is 39.5 Å². The highest BCUT2D eigenvalue weighted by molar-refractivity contribution is 5.84. The molecule has 0 aromatic carbocycles. The molecule has 1 N–H and O–H groups in total. The minimum Gasteiger partial charge on any atom is -0.374 e. The zero-order chi connectivity index (χ0) is 16.7. The lowest BCUT2D eigenvalue weighted by atomic mass is 10.2. The minimum absolute atomic E-state index is 0.0475. The Bertz CT molecular complexity index is 401. The van der Waals surface area contributed by atoms with Gasteiger partial charge in [-0.3, -0.25) is 14.5 Å². The van der Waals surface area contributed by atoms with E-state index in [4.69, 9.17) is 4.74 Å². The van der Waals surface area contributed by atoms with Crippen molar-refractivity contribution in [2.24, 2.45) is 5.92 Å². The van der Waals surface area contributed by atoms with E-state index in [9.17, 15) is 9.59 Å². The number of carbonyl (C=O) groups excluding carboxylic acids is 2. The van der Waals surface area contributed by atoms with E-state index < -0.39 is 0 Å². The predicted octanol–water partition coefficient (Wildman–Crippen LogP) is 0.862. The fraction of sp³-hybridized carbons (Fsp3) is 0.882. The molecule has 2 heterocycles. The number of rotatable bonds is 6. The zero-order valence-corrected chi connectivity index (χ0v) is 14.6. The van der Waals surface area contributed by atoms with E-state index >= 15 is 0 Å². The molecule has 1 atom stereocenters. The summed E-state index contributed by atoms with van der Waals surface area (Å²) < 4.78 is 5.73. The van der Waals surface area contributed by atoms with Gasteiger partial charge in [-0.1, -0.05) is 20.3 Å². The van der Waals surface area contributed by atoms with Crippen LogP contribution in [0.2, 0.25) is 0 Å². The van der Waals surface area contributed by atoms with Crippen LogP contribution in [0.5, 0.6) is 0 Å². The first-order chi connectivity index (χ1) is 11.0. The van der Waals surface area contributed by atoms with Crippen LogP contribution in [0, 0.1) is 5.92 Å². The van der Waals surface area contributed by atoms with E-state index in [0.29, 0.717) is 25.4 Å². The number of ether oxygens (including phenoxy) is 1. The van der Waals surface area contributed by atoms with Crippen LogP contribution in [0.25, 0.3) is 0 Å². The fourth-order valence-corrected chi connectivity index (χ4v) is 3.25. The molecule has 6 nitrogen and oxygen atoms in total. The zero-order valence-electron chi connectivity index (χ0n) is 14.6. The van der Waals surface area contributed by atoms with Crippen LogP contribution in [0.15, 0.2) is 0 Å². The summed E-state index contributed by atoms with van der Waals surface area (Å²) in [6, 6.07) is 0. The van der Waals surface area contributed by atoms with Crippen molar-refractivity contribution < 1.29 is 14.3 Å². The van der Waals surface area contributed by atoms with Crippen LogP contribution in [-0.2, 0) is 14.3 Å². The van der Waals surface area contributed by atoms with Crippen molar-refractivity contribution in [2.45, 2.75) is 45.6 Å². The number of nitrogens with one attached hydrogen (secondary N) is 1. The van der Waals surface area contributed by atoms with Gasteiger partial charge < -0.3 is 15.0 Å². The van der Waals surface area contributed by atoms with Gasteiger partial charge in [0.2, 0.25) is 11.8 Å². The molecule has 2 aliphatic heterocycles. The van der Waals surface area contributed by atoms with Crippen molar-refractivity contribution in [1.29, 1.82) is 0 Å². The molecular formula is C17H31N3O3. The Kier molecular flexibility index (Phi) is 7.30. The van der Waals surface area contributed by atoms with E-state index in [1.807, 2.05) is 0 Å². The van der Waals surface area contributed by atoms with Gasteiger partial charge in [0, 0.05) is 39.1 Å². The summed E-state index contributed by atoms with van der Waals surface area (Å²) in [7, 11) is 0. The molecule has 132 valence electrons. The van der Waals surface area contributed by atoms with Gasteiger partial charge in [-0.25, -0.2) is 0 Å². The molecule has 0 radical (unpaired) electrons. The first-order valence-electron chi connectivity index (χ1n) is 8.93. The normalized spacial score (nSPS) is 23.9. The maximum absolute atomic E-state index is 12.1. The predicted molar refractivity (Wildman–Crippen MR) is 89.1 cm³/mol. The monoisotopic (exact) mass is 325 g/mol. The largest absolute Gasteiger partial charge is 0.374 e. The van der Waals surface area contributed by atoms with Gasteiger partial charge in [0.25, 0.3) is 0 Å². The molecule has 6 heteroatoms. The van der Waals surface area contributed by atoms with Crippen molar-refractivity contribution in [1.82, 2.24) is 15.1 Å². The Morgan fingerprint density at radius 1 is 1.30 bits per heavy atom. The number of amides is 2. The standard InChI is InChI=1S/C17H31N3O3/c1-14(2)11-19-8-9-23-15(12-19)10-18-16(21)13-20-7-5-3-4-6-17(20)22/h14-15H,3-13H2,1-2H3,(H,18,21). The average molecular weight is 325 g/mol. The van der Waals surface area contributed by atoms with Crippen LogP contribution < -0.4 is 5.32 Å². The lowest BCUT2D eigenvalue weighted by Gasteiger charge is -2.34. The smallest absolute Gasteiger partial charge is 0.239 e. The fourth-order valence-electron chi connectivity index (χ4n) is 3.25. The summed E-state index contributed by atoms with van der Waals surface area (Å²) in [4.78, 5) is 28.1. The van der Waals surface area contributed by atoms with Gasteiger partial charge in [-0.15, -0.1) is 0 Å². The highest BCUT2D eigenvalue weighted by Crippen LogP contribution is 2.11. The second-order valence-electron chi connectivity index (χ2n) is 7.08. The lowest BCUT2D eigenvalue weighted by molar-refractivity contribution is -0.135. The van der Waals surface area contributed by atoms with Crippen molar-refractivity contribution in [3.63, 3.8) is 0 Å². The summed E-state index contributed by atoms with van der Waals surface area (Å²) in [5.41, 5.74) is 0. The van der Waals surface area contributed by atoms with Gasteiger partial charge in [0.15, 0.2) is 0 Å². The molecule has 1 unspecified atom stereocenters. The molecule has 2 fully saturated rings. The van der Waals surface area contributed by atoms with E-state index in [2.05, 4.69) is 24.1 Å². The van der Waals surface area contributed by atoms with Crippen molar-refractivity contribution in [2.75, 3.05) is 45.9 Å². The Balaban J connectivity index is 1.70. The van der Waals surface area contributed by atoms with Crippen LogP contribution >= 0.6 is 0 Å². The van der Waals surface area contributed by atoms with Gasteiger partial charge in [0.05, 0.1) is 19.3 Å². The first kappa shape index (κ1) is 18.2. The summed E-state index contributed by atoms with van der Waals surface area (Å²) in [5.74, 6) is 0.664. The van der Waals surface area contributed by atoms with Crippen LogP contribution in [0.3, 0.4) is 0 Å². The van der Waals surface area contributed by atoms with Gasteiger partial charge >= 0.3 is 0 Å². The molecule has 2 aliphatic rings. The topological polar surface area (TPSA) is 61.9 Å². The third-order valence-electron chi connectivity index (χ3n) is 4.38.